The number of rotatable bonds is 2. The van der Waals surface area contributed by atoms with Crippen molar-refractivity contribution in [3.63, 3.8) is 0 Å². The summed E-state index contributed by atoms with van der Waals surface area (Å²) in [6.45, 7) is 0. The van der Waals surface area contributed by atoms with Crippen LogP contribution in [0.4, 0.5) is 0 Å². The third-order valence-corrected chi connectivity index (χ3v) is 3.47. The molecular formula is C17H15N3O2. The Balaban J connectivity index is 2.27. The molecule has 0 saturated carbocycles. The number of carbonyl (C=O) groups is 1. The summed E-state index contributed by atoms with van der Waals surface area (Å²) in [6, 6.07) is 14.2. The molecule has 110 valence electrons. The van der Waals surface area contributed by atoms with Crippen LogP contribution >= 0.6 is 0 Å². The van der Waals surface area contributed by atoms with Crippen LogP contribution in [0.3, 0.4) is 0 Å². The fourth-order valence-electron chi connectivity index (χ4n) is 2.35. The third kappa shape index (κ3) is 2.26. The number of fused-ring (bicyclic) bond motifs is 1. The number of hydrogen-bond acceptors (Lipinski definition) is 3. The SMILES string of the molecule is CN(C)C(=O)c1ccccc1-n1cnc2ccccc2c1=O. The second kappa shape index (κ2) is 5.44. The summed E-state index contributed by atoms with van der Waals surface area (Å²) < 4.78 is 1.42. The molecule has 0 unspecified atom stereocenters. The van der Waals surface area contributed by atoms with E-state index in [1.165, 1.54) is 15.8 Å². The highest BCUT2D eigenvalue weighted by Crippen LogP contribution is 2.15. The van der Waals surface area contributed by atoms with E-state index in [4.69, 9.17) is 0 Å². The van der Waals surface area contributed by atoms with Crippen LogP contribution in [0.15, 0.2) is 59.7 Å². The van der Waals surface area contributed by atoms with E-state index in [1.807, 2.05) is 6.07 Å². The van der Waals surface area contributed by atoms with Crippen molar-refractivity contribution in [1.82, 2.24) is 14.5 Å². The van der Waals surface area contributed by atoms with Crippen molar-refractivity contribution in [3.05, 3.63) is 70.8 Å². The Morgan fingerprint density at radius 3 is 2.50 bits per heavy atom. The maximum absolute atomic E-state index is 12.7. The number of amides is 1. The largest absolute Gasteiger partial charge is 0.345 e. The van der Waals surface area contributed by atoms with Gasteiger partial charge in [-0.15, -0.1) is 0 Å². The zero-order valence-electron chi connectivity index (χ0n) is 12.4. The van der Waals surface area contributed by atoms with Gasteiger partial charge in [0.15, 0.2) is 0 Å². The third-order valence-electron chi connectivity index (χ3n) is 3.47. The normalized spacial score (nSPS) is 10.6. The Morgan fingerprint density at radius 2 is 1.73 bits per heavy atom. The molecule has 3 rings (SSSR count). The molecular weight excluding hydrogens is 278 g/mol. The minimum absolute atomic E-state index is 0.157. The molecule has 0 spiro atoms. The maximum atomic E-state index is 12.7. The highest BCUT2D eigenvalue weighted by Gasteiger charge is 2.15. The second-order valence-electron chi connectivity index (χ2n) is 5.15. The van der Waals surface area contributed by atoms with Gasteiger partial charge in [-0.3, -0.25) is 14.2 Å². The monoisotopic (exact) mass is 293 g/mol. The average Bonchev–Trinajstić information content (AvgIpc) is 2.55. The molecule has 3 aromatic rings. The first-order chi connectivity index (χ1) is 10.6. The van der Waals surface area contributed by atoms with Crippen molar-refractivity contribution < 1.29 is 4.79 Å². The van der Waals surface area contributed by atoms with E-state index in [-0.39, 0.29) is 11.5 Å². The van der Waals surface area contributed by atoms with Gasteiger partial charge in [-0.05, 0) is 24.3 Å². The minimum Gasteiger partial charge on any atom is -0.345 e. The lowest BCUT2D eigenvalue weighted by atomic mass is 10.1. The molecule has 5 nitrogen and oxygen atoms in total. The van der Waals surface area contributed by atoms with E-state index < -0.39 is 0 Å². The van der Waals surface area contributed by atoms with Crippen molar-refractivity contribution >= 4 is 16.8 Å². The van der Waals surface area contributed by atoms with Gasteiger partial charge in [0.25, 0.3) is 11.5 Å². The van der Waals surface area contributed by atoms with Gasteiger partial charge in [-0.25, -0.2) is 4.98 Å². The number of benzene rings is 2. The quantitative estimate of drug-likeness (QED) is 0.727. The van der Waals surface area contributed by atoms with Crippen molar-refractivity contribution in [2.75, 3.05) is 14.1 Å². The molecule has 0 aliphatic carbocycles. The molecule has 1 heterocycles. The van der Waals surface area contributed by atoms with E-state index in [1.54, 1.807) is 56.6 Å². The summed E-state index contributed by atoms with van der Waals surface area (Å²) >= 11 is 0. The first-order valence-corrected chi connectivity index (χ1v) is 6.87. The molecule has 0 atom stereocenters. The fraction of sp³-hybridized carbons (Fsp3) is 0.118. The van der Waals surface area contributed by atoms with Crippen LogP contribution in [0.1, 0.15) is 10.4 Å². The lowest BCUT2D eigenvalue weighted by Gasteiger charge is -2.15. The van der Waals surface area contributed by atoms with E-state index >= 15 is 0 Å². The summed E-state index contributed by atoms with van der Waals surface area (Å²) in [4.78, 5) is 30.8. The van der Waals surface area contributed by atoms with Crippen LogP contribution in [0.5, 0.6) is 0 Å². The first-order valence-electron chi connectivity index (χ1n) is 6.87. The Bertz CT molecular complexity index is 913. The molecule has 2 aromatic carbocycles. The number of para-hydroxylation sites is 2. The Hall–Kier alpha value is -2.95. The predicted octanol–water partition coefficient (Wildman–Crippen LogP) is 2.09. The van der Waals surface area contributed by atoms with Crippen LogP contribution in [0, 0.1) is 0 Å². The van der Waals surface area contributed by atoms with Gasteiger partial charge in [0.2, 0.25) is 0 Å². The molecule has 0 saturated heterocycles. The average molecular weight is 293 g/mol. The van der Waals surface area contributed by atoms with E-state index in [0.29, 0.717) is 22.2 Å². The molecule has 0 aliphatic rings. The molecule has 0 bridgehead atoms. The van der Waals surface area contributed by atoms with Crippen molar-refractivity contribution in [2.45, 2.75) is 0 Å². The first kappa shape index (κ1) is 14.0. The molecule has 1 amide bonds. The smallest absolute Gasteiger partial charge is 0.265 e. The Labute approximate surface area is 127 Å². The Morgan fingerprint density at radius 1 is 1.05 bits per heavy atom. The highest BCUT2D eigenvalue weighted by molar-refractivity contribution is 5.97. The lowest BCUT2D eigenvalue weighted by Crippen LogP contribution is -2.26. The summed E-state index contributed by atoms with van der Waals surface area (Å²) in [7, 11) is 3.36. The molecule has 5 heteroatoms. The zero-order valence-corrected chi connectivity index (χ0v) is 12.4. The number of carbonyl (C=O) groups excluding carboxylic acids is 1. The van der Waals surface area contributed by atoms with Crippen LogP contribution in [0.25, 0.3) is 16.6 Å². The molecule has 0 N–H and O–H groups in total. The van der Waals surface area contributed by atoms with Crippen molar-refractivity contribution in [1.29, 1.82) is 0 Å². The summed E-state index contributed by atoms with van der Waals surface area (Å²) in [5, 5.41) is 0.525. The van der Waals surface area contributed by atoms with Crippen molar-refractivity contribution in [3.8, 4) is 5.69 Å². The standard InChI is InChI=1S/C17H15N3O2/c1-19(2)16(21)13-8-4-6-10-15(13)20-11-18-14-9-5-3-7-12(14)17(20)22/h3-11H,1-2H3. The van der Waals surface area contributed by atoms with Crippen molar-refractivity contribution in [2.24, 2.45) is 0 Å². The molecule has 0 aliphatic heterocycles. The van der Waals surface area contributed by atoms with E-state index in [0.717, 1.165) is 0 Å². The topological polar surface area (TPSA) is 55.2 Å². The van der Waals surface area contributed by atoms with Gasteiger partial charge >= 0.3 is 0 Å². The van der Waals surface area contributed by atoms with E-state index in [9.17, 15) is 9.59 Å². The molecule has 22 heavy (non-hydrogen) atoms. The number of aromatic nitrogens is 2. The zero-order chi connectivity index (χ0) is 15.7. The van der Waals surface area contributed by atoms with Crippen LogP contribution in [-0.2, 0) is 0 Å². The Kier molecular flexibility index (Phi) is 3.47. The van der Waals surface area contributed by atoms with Gasteiger partial charge in [-0.2, -0.15) is 0 Å². The van der Waals surface area contributed by atoms with Crippen LogP contribution in [-0.4, -0.2) is 34.5 Å². The summed E-state index contributed by atoms with van der Waals surface area (Å²) in [5.74, 6) is -0.157. The van der Waals surface area contributed by atoms with Gasteiger partial charge in [-0.1, -0.05) is 24.3 Å². The number of nitrogens with zero attached hydrogens (tertiary/aromatic N) is 3. The lowest BCUT2D eigenvalue weighted by molar-refractivity contribution is 0.0827. The maximum Gasteiger partial charge on any atom is 0.265 e. The van der Waals surface area contributed by atoms with Crippen LogP contribution < -0.4 is 5.56 Å². The molecule has 0 fully saturated rings. The van der Waals surface area contributed by atoms with Gasteiger partial charge in [0, 0.05) is 14.1 Å². The number of hydrogen-bond donors (Lipinski definition) is 0. The molecule has 1 aromatic heterocycles. The summed E-state index contributed by atoms with van der Waals surface area (Å²) in [5.41, 5.74) is 1.45. The van der Waals surface area contributed by atoms with Gasteiger partial charge < -0.3 is 4.90 Å². The minimum atomic E-state index is -0.190. The van der Waals surface area contributed by atoms with Crippen LogP contribution in [0.2, 0.25) is 0 Å². The summed E-state index contributed by atoms with van der Waals surface area (Å²) in [6.07, 6.45) is 1.46. The molecule has 0 radical (unpaired) electrons. The second-order valence-corrected chi connectivity index (χ2v) is 5.15. The van der Waals surface area contributed by atoms with E-state index in [2.05, 4.69) is 4.98 Å². The fourth-order valence-corrected chi connectivity index (χ4v) is 2.35. The predicted molar refractivity (Wildman–Crippen MR) is 85.4 cm³/mol. The van der Waals surface area contributed by atoms with Gasteiger partial charge in [0.05, 0.1) is 22.2 Å². The van der Waals surface area contributed by atoms with Gasteiger partial charge in [0.1, 0.15) is 6.33 Å². The highest BCUT2D eigenvalue weighted by atomic mass is 16.2.